The molecule has 0 aromatic heterocycles. The minimum atomic E-state index is -4.65. The third kappa shape index (κ3) is 4.44. The van der Waals surface area contributed by atoms with E-state index in [4.69, 9.17) is 0 Å². The van der Waals surface area contributed by atoms with Gasteiger partial charge in [0.25, 0.3) is 5.91 Å². The van der Waals surface area contributed by atoms with E-state index < -0.39 is 29.7 Å². The predicted octanol–water partition coefficient (Wildman–Crippen LogP) is 2.58. The smallest absolute Gasteiger partial charge is 0.339 e. The largest absolute Gasteiger partial charge is 0.416 e. The minimum absolute atomic E-state index is 0.00342. The maximum absolute atomic E-state index is 13.7. The molecule has 1 saturated heterocycles. The van der Waals surface area contributed by atoms with E-state index in [0.29, 0.717) is 24.8 Å². The SMILES string of the molecule is CN1C(=O)NC(c2ccccc2C(F)(F)F)C2=C1CN(CC(=O)N1CCN(C3CCCC3)CC1)C2=O. The van der Waals surface area contributed by atoms with Crippen LogP contribution in [-0.2, 0) is 15.8 Å². The van der Waals surface area contributed by atoms with Crippen molar-refractivity contribution < 1.29 is 27.6 Å². The number of hydrogen-bond acceptors (Lipinski definition) is 4. The molecule has 1 aromatic rings. The number of benzene rings is 1. The molecule has 1 unspecified atom stereocenters. The molecule has 36 heavy (non-hydrogen) atoms. The van der Waals surface area contributed by atoms with Gasteiger partial charge < -0.3 is 15.1 Å². The Morgan fingerprint density at radius 3 is 2.39 bits per heavy atom. The van der Waals surface area contributed by atoms with Crippen molar-refractivity contribution in [1.82, 2.24) is 24.9 Å². The fourth-order valence-electron chi connectivity index (χ4n) is 5.86. The van der Waals surface area contributed by atoms with Gasteiger partial charge in [0.15, 0.2) is 0 Å². The second-order valence-corrected chi connectivity index (χ2v) is 9.90. The number of hydrogen-bond donors (Lipinski definition) is 1. The molecule has 3 heterocycles. The number of nitrogens with one attached hydrogen (secondary N) is 1. The first-order valence-corrected chi connectivity index (χ1v) is 12.4. The lowest BCUT2D eigenvalue weighted by Crippen LogP contribution is -2.53. The first-order chi connectivity index (χ1) is 17.1. The van der Waals surface area contributed by atoms with Crippen LogP contribution in [0.3, 0.4) is 0 Å². The monoisotopic (exact) mass is 505 g/mol. The van der Waals surface area contributed by atoms with Crippen molar-refractivity contribution in [3.8, 4) is 0 Å². The average Bonchev–Trinajstić information content (AvgIpc) is 3.50. The summed E-state index contributed by atoms with van der Waals surface area (Å²) < 4.78 is 41.1. The highest BCUT2D eigenvalue weighted by Crippen LogP contribution is 2.41. The lowest BCUT2D eigenvalue weighted by Gasteiger charge is -2.38. The van der Waals surface area contributed by atoms with Crippen molar-refractivity contribution in [1.29, 1.82) is 0 Å². The molecule has 1 N–H and O–H groups in total. The van der Waals surface area contributed by atoms with Crippen LogP contribution in [0.2, 0.25) is 0 Å². The van der Waals surface area contributed by atoms with Crippen molar-refractivity contribution in [3.63, 3.8) is 0 Å². The average molecular weight is 506 g/mol. The molecule has 1 atom stereocenters. The number of halogens is 3. The number of likely N-dealkylation sites (N-methyl/N-ethyl adjacent to an activating group) is 1. The molecule has 0 radical (unpaired) electrons. The topological polar surface area (TPSA) is 76.2 Å². The molecule has 1 saturated carbocycles. The number of rotatable bonds is 4. The number of carbonyl (C=O) groups is 3. The molecule has 8 nitrogen and oxygen atoms in total. The summed E-state index contributed by atoms with van der Waals surface area (Å²) in [6.45, 7) is 2.60. The van der Waals surface area contributed by atoms with Crippen molar-refractivity contribution in [2.45, 2.75) is 43.9 Å². The van der Waals surface area contributed by atoms with Gasteiger partial charge in [0.2, 0.25) is 5.91 Å². The Kier molecular flexibility index (Phi) is 6.44. The van der Waals surface area contributed by atoms with Crippen LogP contribution in [-0.4, -0.2) is 89.8 Å². The van der Waals surface area contributed by atoms with Crippen LogP contribution in [0.1, 0.15) is 42.9 Å². The Hall–Kier alpha value is -3.08. The minimum Gasteiger partial charge on any atom is -0.339 e. The van der Waals surface area contributed by atoms with E-state index in [2.05, 4.69) is 10.2 Å². The van der Waals surface area contributed by atoms with Gasteiger partial charge in [0.1, 0.15) is 6.54 Å². The van der Waals surface area contributed by atoms with Gasteiger partial charge in [-0.1, -0.05) is 31.0 Å². The van der Waals surface area contributed by atoms with E-state index in [0.717, 1.165) is 19.2 Å². The summed E-state index contributed by atoms with van der Waals surface area (Å²) in [5.41, 5.74) is -0.699. The second-order valence-electron chi connectivity index (χ2n) is 9.90. The molecule has 2 fully saturated rings. The van der Waals surface area contributed by atoms with Crippen LogP contribution >= 0.6 is 0 Å². The third-order valence-electron chi connectivity index (χ3n) is 7.85. The number of urea groups is 1. The molecule has 0 spiro atoms. The van der Waals surface area contributed by atoms with Crippen molar-refractivity contribution in [3.05, 3.63) is 46.7 Å². The fourth-order valence-corrected chi connectivity index (χ4v) is 5.86. The summed E-state index contributed by atoms with van der Waals surface area (Å²) in [4.78, 5) is 45.8. The van der Waals surface area contributed by atoms with E-state index in [-0.39, 0.29) is 30.1 Å². The molecule has 11 heteroatoms. The van der Waals surface area contributed by atoms with Crippen LogP contribution < -0.4 is 5.32 Å². The highest BCUT2D eigenvalue weighted by atomic mass is 19.4. The second kappa shape index (κ2) is 9.42. The quantitative estimate of drug-likeness (QED) is 0.683. The van der Waals surface area contributed by atoms with Crippen LogP contribution in [0.25, 0.3) is 0 Å². The molecular weight excluding hydrogens is 475 g/mol. The van der Waals surface area contributed by atoms with E-state index in [1.807, 2.05) is 0 Å². The van der Waals surface area contributed by atoms with E-state index in [9.17, 15) is 27.6 Å². The normalized spacial score (nSPS) is 24.0. The summed E-state index contributed by atoms with van der Waals surface area (Å²) in [5.74, 6) is -0.722. The maximum atomic E-state index is 13.7. The van der Waals surface area contributed by atoms with Crippen LogP contribution in [0, 0.1) is 0 Å². The predicted molar refractivity (Wildman–Crippen MR) is 124 cm³/mol. The number of nitrogens with zero attached hydrogens (tertiary/aromatic N) is 4. The van der Waals surface area contributed by atoms with Crippen LogP contribution in [0.5, 0.6) is 0 Å². The molecule has 5 rings (SSSR count). The number of alkyl halides is 3. The van der Waals surface area contributed by atoms with Crippen molar-refractivity contribution in [2.24, 2.45) is 0 Å². The van der Waals surface area contributed by atoms with Crippen LogP contribution in [0.4, 0.5) is 18.0 Å². The molecule has 4 aliphatic rings. The highest BCUT2D eigenvalue weighted by molar-refractivity contribution is 6.03. The third-order valence-corrected chi connectivity index (χ3v) is 7.85. The molecule has 1 aromatic carbocycles. The van der Waals surface area contributed by atoms with Gasteiger partial charge in [-0.05, 0) is 24.5 Å². The molecule has 1 aliphatic carbocycles. The number of piperazine rings is 1. The Balaban J connectivity index is 1.31. The fraction of sp³-hybridized carbons (Fsp3) is 0.560. The molecular formula is C25H30F3N5O3. The van der Waals surface area contributed by atoms with Gasteiger partial charge in [-0.2, -0.15) is 13.2 Å². The summed E-state index contributed by atoms with van der Waals surface area (Å²) in [5, 5.41) is 2.55. The first-order valence-electron chi connectivity index (χ1n) is 12.4. The van der Waals surface area contributed by atoms with Gasteiger partial charge in [-0.25, -0.2) is 4.79 Å². The van der Waals surface area contributed by atoms with Crippen molar-refractivity contribution >= 4 is 17.8 Å². The van der Waals surface area contributed by atoms with Gasteiger partial charge in [-0.3, -0.25) is 19.4 Å². The molecule has 3 aliphatic heterocycles. The standard InChI is InChI=1S/C25H30F3N5O3/c1-30-19-14-33(15-20(34)32-12-10-31(11-13-32)16-6-2-3-7-16)23(35)21(19)22(29-24(30)36)17-8-4-5-9-18(17)25(26,27)28/h4-5,8-9,16,22H,2-3,6-7,10-15H2,1H3,(H,29,36). The zero-order valence-electron chi connectivity index (χ0n) is 20.2. The number of carbonyl (C=O) groups excluding carboxylic acids is 3. The highest BCUT2D eigenvalue weighted by Gasteiger charge is 2.46. The Bertz CT molecular complexity index is 1090. The van der Waals surface area contributed by atoms with Gasteiger partial charge in [0.05, 0.1) is 29.4 Å². The van der Waals surface area contributed by atoms with Gasteiger partial charge in [-0.15, -0.1) is 0 Å². The Morgan fingerprint density at radius 2 is 1.72 bits per heavy atom. The van der Waals surface area contributed by atoms with E-state index in [1.165, 1.54) is 60.7 Å². The summed E-state index contributed by atoms with van der Waals surface area (Å²) >= 11 is 0. The Labute approximate surface area is 207 Å². The maximum Gasteiger partial charge on any atom is 0.416 e. The van der Waals surface area contributed by atoms with Crippen molar-refractivity contribution in [2.75, 3.05) is 46.3 Å². The van der Waals surface area contributed by atoms with Crippen LogP contribution in [0.15, 0.2) is 35.5 Å². The molecule has 194 valence electrons. The molecule has 0 bridgehead atoms. The Morgan fingerprint density at radius 1 is 1.06 bits per heavy atom. The lowest BCUT2D eigenvalue weighted by atomic mass is 9.92. The summed E-state index contributed by atoms with van der Waals surface area (Å²) in [6, 6.07) is 3.67. The zero-order valence-corrected chi connectivity index (χ0v) is 20.2. The summed E-state index contributed by atoms with van der Waals surface area (Å²) in [7, 11) is 1.47. The first kappa shape index (κ1) is 24.6. The number of amides is 4. The molecule has 4 amide bonds. The lowest BCUT2D eigenvalue weighted by molar-refractivity contribution is -0.139. The van der Waals surface area contributed by atoms with E-state index in [1.54, 1.807) is 4.90 Å². The van der Waals surface area contributed by atoms with Gasteiger partial charge in [0, 0.05) is 39.3 Å². The zero-order chi connectivity index (χ0) is 25.6. The summed E-state index contributed by atoms with van der Waals surface area (Å²) in [6.07, 6.45) is 0.250. The van der Waals surface area contributed by atoms with E-state index >= 15 is 0 Å². The van der Waals surface area contributed by atoms with Gasteiger partial charge >= 0.3 is 12.2 Å².